The molecule has 3 rings (SSSR count). The van der Waals surface area contributed by atoms with Crippen molar-refractivity contribution in [1.82, 2.24) is 9.97 Å². The van der Waals surface area contributed by atoms with Crippen LogP contribution in [-0.2, 0) is 0 Å². The number of pyridine rings is 2. The molecule has 0 amide bonds. The molecule has 3 nitrogen and oxygen atoms in total. The summed E-state index contributed by atoms with van der Waals surface area (Å²) in [5, 5.41) is 10.7. The Labute approximate surface area is 128 Å². The molecule has 21 heavy (non-hydrogen) atoms. The van der Waals surface area contributed by atoms with E-state index in [-0.39, 0.29) is 5.75 Å². The lowest BCUT2D eigenvalue weighted by molar-refractivity contribution is 0.480. The van der Waals surface area contributed by atoms with Gasteiger partial charge in [0.25, 0.3) is 0 Å². The van der Waals surface area contributed by atoms with E-state index in [1.54, 1.807) is 12.3 Å². The summed E-state index contributed by atoms with van der Waals surface area (Å²) in [6, 6.07) is 15.0. The van der Waals surface area contributed by atoms with Gasteiger partial charge in [-0.1, -0.05) is 24.3 Å². The normalized spacial score (nSPS) is 10.4. The Kier molecular flexibility index (Phi) is 5.29. The van der Waals surface area contributed by atoms with E-state index in [1.807, 2.05) is 54.6 Å². The van der Waals surface area contributed by atoms with Crippen molar-refractivity contribution < 1.29 is 5.11 Å². The second kappa shape index (κ2) is 7.41. The summed E-state index contributed by atoms with van der Waals surface area (Å²) < 4.78 is 0. The molecule has 3 aromatic rings. The number of fused-ring (bicyclic) bond motifs is 1. The monoisotopic (exact) mass is 298 g/mol. The van der Waals surface area contributed by atoms with E-state index >= 15 is 0 Å². The van der Waals surface area contributed by atoms with Gasteiger partial charge in [-0.15, -0.1) is 11.6 Å². The zero-order valence-corrected chi connectivity index (χ0v) is 12.3. The summed E-state index contributed by atoms with van der Waals surface area (Å²) in [5.74, 6) is 0.200. The highest BCUT2D eigenvalue weighted by molar-refractivity contribution is 6.15. The lowest BCUT2D eigenvalue weighted by Gasteiger charge is -2.01. The molecular weight excluding hydrogens is 284 g/mol. The number of phenols is 1. The molecule has 4 heteroatoms. The minimum atomic E-state index is 0.200. The first-order valence-electron chi connectivity index (χ1n) is 6.38. The van der Waals surface area contributed by atoms with E-state index in [2.05, 4.69) is 21.6 Å². The number of benzene rings is 1. The number of hydrogen-bond donors (Lipinski definition) is 1. The first kappa shape index (κ1) is 15.0. The molecule has 0 aliphatic heterocycles. The topological polar surface area (TPSA) is 46.0 Å². The highest BCUT2D eigenvalue weighted by Crippen LogP contribution is 2.22. The summed E-state index contributed by atoms with van der Waals surface area (Å²) in [5.41, 5.74) is 2.28. The molecule has 0 aliphatic rings. The average molecular weight is 299 g/mol. The molecule has 106 valence electrons. The predicted molar refractivity (Wildman–Crippen MR) is 88.3 cm³/mol. The molecule has 0 atom stereocenters. The van der Waals surface area contributed by atoms with Crippen LogP contribution in [0, 0.1) is 0 Å². The molecule has 0 radical (unpaired) electrons. The largest absolute Gasteiger partial charge is 0.506 e. The maximum atomic E-state index is 9.78. The van der Waals surface area contributed by atoms with Gasteiger partial charge in [0.1, 0.15) is 11.3 Å². The summed E-state index contributed by atoms with van der Waals surface area (Å²) in [4.78, 5) is 8.63. The summed E-state index contributed by atoms with van der Waals surface area (Å²) in [7, 11) is 0. The van der Waals surface area contributed by atoms with Crippen LogP contribution in [0.5, 0.6) is 5.75 Å². The average Bonchev–Trinajstić information content (AvgIpc) is 2.56. The van der Waals surface area contributed by atoms with E-state index < -0.39 is 0 Å². The van der Waals surface area contributed by atoms with Crippen LogP contribution in [0.3, 0.4) is 0 Å². The number of rotatable bonds is 2. The number of alkyl halides is 1. The fourth-order valence-electron chi connectivity index (χ4n) is 1.88. The third-order valence-corrected chi connectivity index (χ3v) is 2.83. The van der Waals surface area contributed by atoms with Crippen LogP contribution in [-0.4, -0.2) is 21.5 Å². The van der Waals surface area contributed by atoms with E-state index in [9.17, 15) is 5.11 Å². The second-order valence-corrected chi connectivity index (χ2v) is 4.17. The van der Waals surface area contributed by atoms with E-state index in [0.717, 1.165) is 16.8 Å². The van der Waals surface area contributed by atoms with Gasteiger partial charge < -0.3 is 5.11 Å². The van der Waals surface area contributed by atoms with Crippen molar-refractivity contribution in [2.24, 2.45) is 0 Å². The molecule has 1 N–H and O–H groups in total. The van der Waals surface area contributed by atoms with Gasteiger partial charge >= 0.3 is 0 Å². The lowest BCUT2D eigenvalue weighted by atomic mass is 10.2. The Morgan fingerprint density at radius 1 is 0.905 bits per heavy atom. The van der Waals surface area contributed by atoms with Crippen molar-refractivity contribution >= 4 is 34.7 Å². The Hall–Kier alpha value is -2.39. The van der Waals surface area contributed by atoms with Crippen LogP contribution in [0.1, 0.15) is 11.4 Å². The summed E-state index contributed by atoms with van der Waals surface area (Å²) in [6.45, 7) is 0. The van der Waals surface area contributed by atoms with Gasteiger partial charge in [0.15, 0.2) is 0 Å². The third kappa shape index (κ3) is 3.80. The Morgan fingerprint density at radius 3 is 2.48 bits per heavy atom. The van der Waals surface area contributed by atoms with Gasteiger partial charge in [-0.25, -0.2) is 4.98 Å². The van der Waals surface area contributed by atoms with Gasteiger partial charge in [-0.2, -0.15) is 0 Å². The van der Waals surface area contributed by atoms with Crippen molar-refractivity contribution in [1.29, 1.82) is 0 Å². The predicted octanol–water partition coefficient (Wildman–Crippen LogP) is 4.36. The maximum absolute atomic E-state index is 9.78. The van der Waals surface area contributed by atoms with Gasteiger partial charge in [0.2, 0.25) is 0 Å². The molecule has 2 aromatic heterocycles. The Bertz CT molecular complexity index is 742. The standard InChI is InChI=1S/C16H12N2O.CH3Cl/c19-15-6-3-4-12-7-8-14(18-16(12)15)10-9-13-5-1-2-11-17-13;1-2/h1-11,19H;1H3. The molecule has 0 spiro atoms. The number of nitrogens with zero attached hydrogens (tertiary/aromatic N) is 2. The molecule has 1 aromatic carbocycles. The molecule has 0 bridgehead atoms. The molecule has 0 saturated carbocycles. The molecule has 0 saturated heterocycles. The van der Waals surface area contributed by atoms with Gasteiger partial charge in [-0.05, 0) is 36.4 Å². The first-order chi connectivity index (χ1) is 10.3. The number of aromatic hydroxyl groups is 1. The van der Waals surface area contributed by atoms with Crippen LogP contribution in [0.4, 0.5) is 0 Å². The van der Waals surface area contributed by atoms with Crippen molar-refractivity contribution in [3.8, 4) is 5.75 Å². The zero-order valence-electron chi connectivity index (χ0n) is 11.6. The smallest absolute Gasteiger partial charge is 0.141 e. The number of phenolic OH excluding ortho intramolecular Hbond substituents is 1. The van der Waals surface area contributed by atoms with Gasteiger partial charge in [-0.3, -0.25) is 4.98 Å². The molecule has 0 aliphatic carbocycles. The molecule has 0 fully saturated rings. The fraction of sp³-hybridized carbons (Fsp3) is 0.0588. The molecule has 0 unspecified atom stereocenters. The van der Waals surface area contributed by atoms with Crippen LogP contribution in [0.25, 0.3) is 23.1 Å². The molecular formula is C17H15ClN2O. The van der Waals surface area contributed by atoms with Crippen molar-refractivity contribution in [2.75, 3.05) is 6.38 Å². The number of aromatic nitrogens is 2. The number of hydrogen-bond acceptors (Lipinski definition) is 3. The Balaban J connectivity index is 0.000000774. The quantitative estimate of drug-likeness (QED) is 0.715. The van der Waals surface area contributed by atoms with Crippen LogP contribution in [0.2, 0.25) is 0 Å². The lowest BCUT2D eigenvalue weighted by Crippen LogP contribution is -1.84. The van der Waals surface area contributed by atoms with Crippen LogP contribution in [0.15, 0.2) is 54.7 Å². The van der Waals surface area contributed by atoms with E-state index in [1.165, 1.54) is 6.38 Å². The van der Waals surface area contributed by atoms with E-state index in [0.29, 0.717) is 5.52 Å². The zero-order chi connectivity index (χ0) is 15.1. The minimum Gasteiger partial charge on any atom is -0.506 e. The van der Waals surface area contributed by atoms with Crippen molar-refractivity contribution in [3.63, 3.8) is 0 Å². The van der Waals surface area contributed by atoms with Crippen molar-refractivity contribution in [3.05, 3.63) is 66.1 Å². The third-order valence-electron chi connectivity index (χ3n) is 2.83. The first-order valence-corrected chi connectivity index (χ1v) is 7.14. The highest BCUT2D eigenvalue weighted by Gasteiger charge is 2.00. The Morgan fingerprint density at radius 2 is 1.71 bits per heavy atom. The summed E-state index contributed by atoms with van der Waals surface area (Å²) in [6.07, 6.45) is 7.00. The molecule has 2 heterocycles. The van der Waals surface area contributed by atoms with Crippen LogP contribution >= 0.6 is 11.6 Å². The highest BCUT2D eigenvalue weighted by atomic mass is 35.5. The maximum Gasteiger partial charge on any atom is 0.141 e. The van der Waals surface area contributed by atoms with Crippen LogP contribution < -0.4 is 0 Å². The minimum absolute atomic E-state index is 0.200. The van der Waals surface area contributed by atoms with E-state index in [4.69, 9.17) is 0 Å². The summed E-state index contributed by atoms with van der Waals surface area (Å²) >= 11 is 4.64. The fourth-order valence-corrected chi connectivity index (χ4v) is 1.88. The van der Waals surface area contributed by atoms with Gasteiger partial charge in [0.05, 0.1) is 11.4 Å². The SMILES string of the molecule is CCl.Oc1cccc2ccc(C=Cc3ccccn3)nc12. The number of halogens is 1. The van der Waals surface area contributed by atoms with Crippen molar-refractivity contribution in [2.45, 2.75) is 0 Å². The second-order valence-electron chi connectivity index (χ2n) is 4.17. The number of para-hydroxylation sites is 1. The van der Waals surface area contributed by atoms with Gasteiger partial charge in [0, 0.05) is 18.0 Å².